The summed E-state index contributed by atoms with van der Waals surface area (Å²) in [6.45, 7) is 4.06. The Kier molecular flexibility index (Phi) is 6.42. The van der Waals surface area contributed by atoms with Crippen LogP contribution in [-0.2, 0) is 6.54 Å². The maximum Gasteiger partial charge on any atom is 0.165 e. The maximum absolute atomic E-state index is 6.05. The number of terminal acetylenes is 1. The molecular weight excluding hydrogens is 250 g/mol. The lowest BCUT2D eigenvalue weighted by Crippen LogP contribution is -2.13. The van der Waals surface area contributed by atoms with Gasteiger partial charge in [0.2, 0.25) is 0 Å². The minimum absolute atomic E-state index is 0.466. The van der Waals surface area contributed by atoms with Crippen molar-refractivity contribution in [3.8, 4) is 23.8 Å². The third kappa shape index (κ3) is 4.14. The largest absolute Gasteiger partial charge is 0.493 e. The van der Waals surface area contributed by atoms with Gasteiger partial charge in [-0.2, -0.15) is 0 Å². The summed E-state index contributed by atoms with van der Waals surface area (Å²) in [6.07, 6.45) is 5.77. The summed E-state index contributed by atoms with van der Waals surface area (Å²) >= 11 is 6.05. The van der Waals surface area contributed by atoms with E-state index < -0.39 is 0 Å². The van der Waals surface area contributed by atoms with Gasteiger partial charge in [0.25, 0.3) is 0 Å². The average Bonchev–Trinajstić information content (AvgIpc) is 2.37. The van der Waals surface area contributed by atoms with Crippen molar-refractivity contribution in [1.82, 2.24) is 5.32 Å². The maximum atomic E-state index is 6.05. The minimum atomic E-state index is 0.466. The van der Waals surface area contributed by atoms with Gasteiger partial charge in [-0.05, 0) is 12.6 Å². The van der Waals surface area contributed by atoms with Crippen LogP contribution in [0.5, 0.6) is 11.5 Å². The fourth-order valence-corrected chi connectivity index (χ4v) is 1.77. The lowest BCUT2D eigenvalue weighted by atomic mass is 10.2. The zero-order valence-corrected chi connectivity index (χ0v) is 11.5. The predicted molar refractivity (Wildman–Crippen MR) is 74.3 cm³/mol. The Balaban J connectivity index is 2.96. The molecule has 18 heavy (non-hydrogen) atoms. The van der Waals surface area contributed by atoms with Crippen LogP contribution >= 0.6 is 11.6 Å². The van der Waals surface area contributed by atoms with Gasteiger partial charge in [0.1, 0.15) is 0 Å². The Morgan fingerprint density at radius 3 is 2.83 bits per heavy atom. The van der Waals surface area contributed by atoms with E-state index in [0.29, 0.717) is 36.1 Å². The highest BCUT2D eigenvalue weighted by molar-refractivity contribution is 6.30. The van der Waals surface area contributed by atoms with Crippen LogP contribution < -0.4 is 14.8 Å². The van der Waals surface area contributed by atoms with E-state index in [1.807, 2.05) is 13.0 Å². The second-order valence-electron chi connectivity index (χ2n) is 3.68. The molecule has 0 aliphatic heterocycles. The fourth-order valence-electron chi connectivity index (χ4n) is 1.54. The fraction of sp³-hybridized carbons (Fsp3) is 0.429. The Bertz CT molecular complexity index is 427. The van der Waals surface area contributed by atoms with Crippen LogP contribution in [0.3, 0.4) is 0 Å². The second kappa shape index (κ2) is 7.86. The average molecular weight is 268 g/mol. The van der Waals surface area contributed by atoms with E-state index in [9.17, 15) is 0 Å². The van der Waals surface area contributed by atoms with Crippen molar-refractivity contribution in [2.75, 3.05) is 20.3 Å². The number of ether oxygens (including phenoxy) is 2. The molecule has 0 heterocycles. The summed E-state index contributed by atoms with van der Waals surface area (Å²) in [5, 5.41) is 3.87. The molecule has 0 amide bonds. The van der Waals surface area contributed by atoms with E-state index in [-0.39, 0.29) is 0 Å². The van der Waals surface area contributed by atoms with Crippen molar-refractivity contribution < 1.29 is 9.47 Å². The standard InChI is InChI=1S/C14H18ClNO2/c1-4-6-7-18-14-11(10-16-5-2)8-12(15)9-13(14)17-3/h1,8-9,16H,5-7,10H2,2-3H3. The first-order chi connectivity index (χ1) is 8.72. The first-order valence-corrected chi connectivity index (χ1v) is 6.24. The van der Waals surface area contributed by atoms with Crippen LogP contribution in [0, 0.1) is 12.3 Å². The molecule has 0 bridgehead atoms. The summed E-state index contributed by atoms with van der Waals surface area (Å²) < 4.78 is 11.0. The molecule has 0 radical (unpaired) electrons. The molecule has 0 unspecified atom stereocenters. The predicted octanol–water partition coefficient (Wildman–Crippen LogP) is 2.86. The number of hydrogen-bond acceptors (Lipinski definition) is 3. The third-order valence-electron chi connectivity index (χ3n) is 2.37. The van der Waals surface area contributed by atoms with Crippen molar-refractivity contribution in [1.29, 1.82) is 0 Å². The quantitative estimate of drug-likeness (QED) is 0.609. The summed E-state index contributed by atoms with van der Waals surface area (Å²) in [6, 6.07) is 3.61. The molecule has 0 atom stereocenters. The normalized spacial score (nSPS) is 9.89. The summed E-state index contributed by atoms with van der Waals surface area (Å²) in [7, 11) is 1.59. The first-order valence-electron chi connectivity index (χ1n) is 5.86. The Morgan fingerprint density at radius 1 is 1.44 bits per heavy atom. The van der Waals surface area contributed by atoms with E-state index in [1.165, 1.54) is 0 Å². The molecule has 1 N–H and O–H groups in total. The molecule has 0 aliphatic rings. The summed E-state index contributed by atoms with van der Waals surface area (Å²) in [4.78, 5) is 0. The SMILES string of the molecule is C#CCCOc1c(CNCC)cc(Cl)cc1OC. The van der Waals surface area contributed by atoms with E-state index in [1.54, 1.807) is 13.2 Å². The zero-order valence-electron chi connectivity index (χ0n) is 10.8. The smallest absolute Gasteiger partial charge is 0.165 e. The van der Waals surface area contributed by atoms with Crippen molar-refractivity contribution in [3.63, 3.8) is 0 Å². The lowest BCUT2D eigenvalue weighted by molar-refractivity contribution is 0.297. The summed E-state index contributed by atoms with van der Waals surface area (Å²) in [5.74, 6) is 3.88. The van der Waals surface area contributed by atoms with Gasteiger partial charge in [-0.3, -0.25) is 0 Å². The van der Waals surface area contributed by atoms with Crippen LogP contribution in [0.15, 0.2) is 12.1 Å². The molecule has 1 rings (SSSR count). The van der Waals surface area contributed by atoms with Gasteiger partial charge in [-0.15, -0.1) is 12.3 Å². The van der Waals surface area contributed by atoms with Crippen LogP contribution in [0.1, 0.15) is 18.9 Å². The number of methoxy groups -OCH3 is 1. The van der Waals surface area contributed by atoms with Gasteiger partial charge in [0, 0.05) is 29.6 Å². The third-order valence-corrected chi connectivity index (χ3v) is 2.59. The molecule has 1 aromatic carbocycles. The molecule has 0 aromatic heterocycles. The van der Waals surface area contributed by atoms with Crippen molar-refractivity contribution in [3.05, 3.63) is 22.7 Å². The lowest BCUT2D eigenvalue weighted by Gasteiger charge is -2.15. The summed E-state index contributed by atoms with van der Waals surface area (Å²) in [5.41, 5.74) is 0.971. The highest BCUT2D eigenvalue weighted by atomic mass is 35.5. The molecule has 4 heteroatoms. The van der Waals surface area contributed by atoms with Gasteiger partial charge >= 0.3 is 0 Å². The van der Waals surface area contributed by atoms with E-state index in [2.05, 4.69) is 11.2 Å². The van der Waals surface area contributed by atoms with Crippen molar-refractivity contribution in [2.24, 2.45) is 0 Å². The highest BCUT2D eigenvalue weighted by Crippen LogP contribution is 2.34. The Morgan fingerprint density at radius 2 is 2.22 bits per heavy atom. The number of rotatable bonds is 7. The first kappa shape index (κ1) is 14.7. The number of benzene rings is 1. The number of halogens is 1. The molecule has 0 aliphatic carbocycles. The molecule has 0 saturated heterocycles. The van der Waals surface area contributed by atoms with Gasteiger partial charge in [0.15, 0.2) is 11.5 Å². The van der Waals surface area contributed by atoms with Gasteiger partial charge in [0.05, 0.1) is 13.7 Å². The molecule has 0 saturated carbocycles. The second-order valence-corrected chi connectivity index (χ2v) is 4.12. The van der Waals surface area contributed by atoms with E-state index in [0.717, 1.165) is 12.1 Å². The molecule has 0 spiro atoms. The van der Waals surface area contributed by atoms with E-state index in [4.69, 9.17) is 27.5 Å². The molecule has 3 nitrogen and oxygen atoms in total. The van der Waals surface area contributed by atoms with E-state index >= 15 is 0 Å². The Labute approximate surface area is 113 Å². The van der Waals surface area contributed by atoms with Gasteiger partial charge in [-0.1, -0.05) is 18.5 Å². The zero-order chi connectivity index (χ0) is 13.4. The minimum Gasteiger partial charge on any atom is -0.493 e. The van der Waals surface area contributed by atoms with Crippen LogP contribution in [0.4, 0.5) is 0 Å². The van der Waals surface area contributed by atoms with Gasteiger partial charge < -0.3 is 14.8 Å². The molecule has 0 fully saturated rings. The Hall–Kier alpha value is -1.37. The molecular formula is C14H18ClNO2. The molecule has 1 aromatic rings. The van der Waals surface area contributed by atoms with Gasteiger partial charge in [-0.25, -0.2) is 0 Å². The topological polar surface area (TPSA) is 30.5 Å². The monoisotopic (exact) mass is 267 g/mol. The van der Waals surface area contributed by atoms with Crippen LogP contribution in [-0.4, -0.2) is 20.3 Å². The number of hydrogen-bond donors (Lipinski definition) is 1. The van der Waals surface area contributed by atoms with Crippen molar-refractivity contribution >= 4 is 11.6 Å². The van der Waals surface area contributed by atoms with Crippen LogP contribution in [0.25, 0.3) is 0 Å². The van der Waals surface area contributed by atoms with Crippen LogP contribution in [0.2, 0.25) is 5.02 Å². The molecule has 98 valence electrons. The highest BCUT2D eigenvalue weighted by Gasteiger charge is 2.12. The van der Waals surface area contributed by atoms with Crippen molar-refractivity contribution in [2.45, 2.75) is 19.9 Å². The number of nitrogens with one attached hydrogen (secondary N) is 1.